The third-order valence-corrected chi connectivity index (χ3v) is 7.81. The lowest BCUT2D eigenvalue weighted by Crippen LogP contribution is -2.15. The Bertz CT molecular complexity index is 1530. The van der Waals surface area contributed by atoms with Gasteiger partial charge in [0.25, 0.3) is 0 Å². The molecule has 4 aromatic rings. The van der Waals surface area contributed by atoms with Crippen molar-refractivity contribution in [3.63, 3.8) is 0 Å². The van der Waals surface area contributed by atoms with Crippen LogP contribution in [0.15, 0.2) is 84.5 Å². The predicted octanol–water partition coefficient (Wildman–Crippen LogP) is 8.19. The average molecular weight is 523 g/mol. The SMILES string of the molecule is N#Cc1ccc(/C(=C(\c2ccc(C=CC(=O)O)cc2)c2ccc(-c3cncs3)cc2)C2CCC2)c(Cl)c1. The van der Waals surface area contributed by atoms with Crippen LogP contribution in [-0.4, -0.2) is 16.1 Å². The Kier molecular flexibility index (Phi) is 7.32. The first kappa shape index (κ1) is 24.7. The number of nitrogens with zero attached hydrogens (tertiary/aromatic N) is 2. The summed E-state index contributed by atoms with van der Waals surface area (Å²) in [7, 11) is 0. The van der Waals surface area contributed by atoms with Gasteiger partial charge in [-0.15, -0.1) is 11.3 Å². The first-order chi connectivity index (χ1) is 18.0. The minimum atomic E-state index is -0.978. The van der Waals surface area contributed by atoms with E-state index < -0.39 is 5.97 Å². The highest BCUT2D eigenvalue weighted by molar-refractivity contribution is 7.13. The third-order valence-electron chi connectivity index (χ3n) is 6.68. The number of nitriles is 1. The molecule has 5 rings (SSSR count). The summed E-state index contributed by atoms with van der Waals surface area (Å²) >= 11 is 8.39. The van der Waals surface area contributed by atoms with Gasteiger partial charge in [0, 0.05) is 17.3 Å². The first-order valence-corrected chi connectivity index (χ1v) is 13.2. The van der Waals surface area contributed by atoms with Gasteiger partial charge in [-0.25, -0.2) is 4.79 Å². The molecule has 1 heterocycles. The lowest BCUT2D eigenvalue weighted by atomic mass is 9.73. The summed E-state index contributed by atoms with van der Waals surface area (Å²) in [5, 5.41) is 18.9. The Morgan fingerprint density at radius 2 is 1.76 bits per heavy atom. The maximum absolute atomic E-state index is 11.0. The summed E-state index contributed by atoms with van der Waals surface area (Å²) in [5.41, 5.74) is 9.62. The van der Waals surface area contributed by atoms with E-state index >= 15 is 0 Å². The zero-order chi connectivity index (χ0) is 25.8. The van der Waals surface area contributed by atoms with Crippen molar-refractivity contribution in [1.82, 2.24) is 4.98 Å². The minimum Gasteiger partial charge on any atom is -0.478 e. The van der Waals surface area contributed by atoms with Crippen molar-refractivity contribution in [2.75, 3.05) is 0 Å². The van der Waals surface area contributed by atoms with Crippen molar-refractivity contribution in [3.05, 3.63) is 117 Å². The van der Waals surface area contributed by atoms with Crippen molar-refractivity contribution < 1.29 is 9.90 Å². The molecule has 0 radical (unpaired) electrons. The number of aromatic nitrogens is 1. The minimum absolute atomic E-state index is 0.355. The van der Waals surface area contributed by atoms with Gasteiger partial charge in [-0.1, -0.05) is 72.6 Å². The number of benzene rings is 3. The van der Waals surface area contributed by atoms with Gasteiger partial charge in [0.15, 0.2) is 0 Å². The summed E-state index contributed by atoms with van der Waals surface area (Å²) in [4.78, 5) is 16.3. The van der Waals surface area contributed by atoms with Crippen LogP contribution in [0, 0.1) is 17.2 Å². The maximum atomic E-state index is 11.0. The molecule has 6 heteroatoms. The van der Waals surface area contributed by atoms with Crippen molar-refractivity contribution in [1.29, 1.82) is 5.26 Å². The fourth-order valence-electron chi connectivity index (χ4n) is 4.62. The number of halogens is 1. The topological polar surface area (TPSA) is 74.0 Å². The highest BCUT2D eigenvalue weighted by atomic mass is 35.5. The summed E-state index contributed by atoms with van der Waals surface area (Å²) in [5.74, 6) is -0.624. The van der Waals surface area contributed by atoms with E-state index in [1.54, 1.807) is 23.5 Å². The number of carboxylic acid groups (broad SMARTS) is 1. The molecule has 1 fully saturated rings. The Labute approximate surface area is 224 Å². The molecule has 37 heavy (non-hydrogen) atoms. The van der Waals surface area contributed by atoms with Crippen molar-refractivity contribution in [2.45, 2.75) is 19.3 Å². The molecule has 1 saturated carbocycles. The van der Waals surface area contributed by atoms with Crippen molar-refractivity contribution >= 4 is 46.1 Å². The molecule has 3 aromatic carbocycles. The highest BCUT2D eigenvalue weighted by Crippen LogP contribution is 2.47. The van der Waals surface area contributed by atoms with Crippen molar-refractivity contribution in [2.24, 2.45) is 5.92 Å². The number of carboxylic acids is 1. The van der Waals surface area contributed by atoms with Gasteiger partial charge in [0.05, 0.1) is 22.0 Å². The monoisotopic (exact) mass is 522 g/mol. The molecule has 0 spiro atoms. The zero-order valence-corrected chi connectivity index (χ0v) is 21.5. The van der Waals surface area contributed by atoms with Crippen LogP contribution in [0.1, 0.15) is 47.1 Å². The Hall–Kier alpha value is -3.98. The fourth-order valence-corrected chi connectivity index (χ4v) is 5.54. The van der Waals surface area contributed by atoms with Crippen molar-refractivity contribution in [3.8, 4) is 16.5 Å². The lowest BCUT2D eigenvalue weighted by Gasteiger charge is -2.32. The molecule has 1 aliphatic carbocycles. The summed E-state index contributed by atoms with van der Waals surface area (Å²) < 4.78 is 0. The van der Waals surface area contributed by atoms with E-state index in [1.165, 1.54) is 12.0 Å². The molecule has 0 aliphatic heterocycles. The molecule has 182 valence electrons. The van der Waals surface area contributed by atoms with Crippen LogP contribution < -0.4 is 0 Å². The summed E-state index contributed by atoms with van der Waals surface area (Å²) in [6, 6.07) is 24.1. The number of aliphatic carboxylic acids is 1. The summed E-state index contributed by atoms with van der Waals surface area (Å²) in [6.45, 7) is 0. The van der Waals surface area contributed by atoms with Crippen LogP contribution in [0.4, 0.5) is 0 Å². The van der Waals surface area contributed by atoms with Gasteiger partial charge in [0.1, 0.15) is 0 Å². The number of hydrogen-bond donors (Lipinski definition) is 1. The van der Waals surface area contributed by atoms with Crippen LogP contribution in [-0.2, 0) is 4.79 Å². The Morgan fingerprint density at radius 3 is 2.30 bits per heavy atom. The van der Waals surface area contributed by atoms with E-state index in [4.69, 9.17) is 16.7 Å². The Balaban J connectivity index is 1.70. The number of carbonyl (C=O) groups is 1. The number of thiazole rings is 1. The number of hydrogen-bond acceptors (Lipinski definition) is 4. The second kappa shape index (κ2) is 11.0. The predicted molar refractivity (Wildman–Crippen MR) is 150 cm³/mol. The molecule has 4 nitrogen and oxygen atoms in total. The van der Waals surface area contributed by atoms with Gasteiger partial charge in [0.2, 0.25) is 0 Å². The van der Waals surface area contributed by atoms with Gasteiger partial charge in [-0.2, -0.15) is 5.26 Å². The van der Waals surface area contributed by atoms with E-state index in [0.717, 1.165) is 57.2 Å². The molecule has 0 bridgehead atoms. The highest BCUT2D eigenvalue weighted by Gasteiger charge is 2.28. The largest absolute Gasteiger partial charge is 0.478 e. The van der Waals surface area contributed by atoms with E-state index in [1.807, 2.05) is 48.1 Å². The number of rotatable bonds is 7. The summed E-state index contributed by atoms with van der Waals surface area (Å²) in [6.07, 6.45) is 7.92. The molecule has 1 aliphatic rings. The van der Waals surface area contributed by atoms with E-state index in [-0.39, 0.29) is 0 Å². The maximum Gasteiger partial charge on any atom is 0.328 e. The third kappa shape index (κ3) is 5.41. The molecule has 0 atom stereocenters. The van der Waals surface area contributed by atoms with Gasteiger partial charge < -0.3 is 5.11 Å². The van der Waals surface area contributed by atoms with E-state index in [9.17, 15) is 10.1 Å². The first-order valence-electron chi connectivity index (χ1n) is 12.0. The van der Waals surface area contributed by atoms with Crippen LogP contribution in [0.5, 0.6) is 0 Å². The molecule has 0 unspecified atom stereocenters. The van der Waals surface area contributed by atoms with Gasteiger partial charge >= 0.3 is 5.97 Å². The van der Waals surface area contributed by atoms with E-state index in [0.29, 0.717) is 16.5 Å². The number of allylic oxidation sites excluding steroid dienone is 1. The molecular weight excluding hydrogens is 500 g/mol. The lowest BCUT2D eigenvalue weighted by molar-refractivity contribution is -0.131. The van der Waals surface area contributed by atoms with Crippen LogP contribution in [0.25, 0.3) is 27.7 Å². The molecule has 0 amide bonds. The van der Waals surface area contributed by atoms with Crippen LogP contribution in [0.2, 0.25) is 5.02 Å². The van der Waals surface area contributed by atoms with Crippen LogP contribution >= 0.6 is 22.9 Å². The smallest absolute Gasteiger partial charge is 0.328 e. The van der Waals surface area contributed by atoms with Crippen LogP contribution in [0.3, 0.4) is 0 Å². The molecular formula is C31H23ClN2O2S. The molecule has 0 saturated heterocycles. The van der Waals surface area contributed by atoms with Gasteiger partial charge in [-0.05, 0) is 75.9 Å². The average Bonchev–Trinajstić information content (AvgIpc) is 3.42. The quantitative estimate of drug-likeness (QED) is 0.196. The zero-order valence-electron chi connectivity index (χ0n) is 19.9. The fraction of sp³-hybridized carbons (Fsp3) is 0.129. The normalized spacial score (nSPS) is 14.2. The second-order valence-electron chi connectivity index (χ2n) is 8.96. The Morgan fingerprint density at radius 1 is 1.05 bits per heavy atom. The van der Waals surface area contributed by atoms with Gasteiger partial charge in [-0.3, -0.25) is 4.98 Å². The standard InChI is InChI=1S/C31H23ClN2O2S/c32-27-16-21(17-33)6-14-26(27)31(23-2-1-3-23)30(24-8-4-20(5-9-24)7-15-29(35)36)25-12-10-22(11-13-25)28-18-34-19-37-28/h4-16,18-19,23H,1-3H2,(H,35,36)/b15-7?,31-30+. The molecule has 1 aromatic heterocycles. The van der Waals surface area contributed by atoms with E-state index in [2.05, 4.69) is 35.3 Å². The molecule has 1 N–H and O–H groups in total. The second-order valence-corrected chi connectivity index (χ2v) is 10.3.